The molecule has 0 bridgehead atoms. The SMILES string of the molecule is c1ccc(-c2nc3ccccc3n2-c2ccccc2-c2c3ccccc3c(-c3cccc4sc5ccccc5c34)c3ccccc23)cc1. The number of nitrogens with zero attached hydrogens (tertiary/aromatic N) is 2. The Morgan fingerprint density at radius 2 is 0.958 bits per heavy atom. The van der Waals surface area contributed by atoms with Crippen LogP contribution in [0.1, 0.15) is 0 Å². The highest BCUT2D eigenvalue weighted by molar-refractivity contribution is 7.25. The summed E-state index contributed by atoms with van der Waals surface area (Å²) in [5.41, 5.74) is 9.25. The topological polar surface area (TPSA) is 17.8 Å². The van der Waals surface area contributed by atoms with E-state index in [-0.39, 0.29) is 0 Å². The van der Waals surface area contributed by atoms with E-state index >= 15 is 0 Å². The van der Waals surface area contributed by atoms with Crippen molar-refractivity contribution in [3.63, 3.8) is 0 Å². The smallest absolute Gasteiger partial charge is 0.145 e. The lowest BCUT2D eigenvalue weighted by Gasteiger charge is -2.21. The first-order valence-electron chi connectivity index (χ1n) is 16.3. The Bertz CT molecular complexity index is 2780. The highest BCUT2D eigenvalue weighted by Crippen LogP contribution is 2.49. The van der Waals surface area contributed by atoms with Crippen molar-refractivity contribution in [1.82, 2.24) is 9.55 Å². The van der Waals surface area contributed by atoms with E-state index in [9.17, 15) is 0 Å². The second-order valence-corrected chi connectivity index (χ2v) is 13.3. The van der Waals surface area contributed by atoms with Crippen LogP contribution in [-0.4, -0.2) is 9.55 Å². The molecule has 2 heterocycles. The molecule has 0 atom stereocenters. The van der Waals surface area contributed by atoms with Crippen molar-refractivity contribution in [2.75, 3.05) is 0 Å². The van der Waals surface area contributed by atoms with Gasteiger partial charge in [0, 0.05) is 31.3 Å². The van der Waals surface area contributed by atoms with Gasteiger partial charge in [0.2, 0.25) is 0 Å². The summed E-state index contributed by atoms with van der Waals surface area (Å²) in [6.45, 7) is 0. The Labute approximate surface area is 281 Å². The number of thiophene rings is 1. The van der Waals surface area contributed by atoms with E-state index in [4.69, 9.17) is 4.98 Å². The van der Waals surface area contributed by atoms with Crippen molar-refractivity contribution >= 4 is 64.1 Å². The second kappa shape index (κ2) is 10.8. The fraction of sp³-hybridized carbons (Fsp3) is 0. The van der Waals surface area contributed by atoms with Crippen molar-refractivity contribution < 1.29 is 0 Å². The van der Waals surface area contributed by atoms with E-state index in [1.165, 1.54) is 64.0 Å². The average Bonchev–Trinajstić information content (AvgIpc) is 3.73. The van der Waals surface area contributed by atoms with Crippen LogP contribution in [0.3, 0.4) is 0 Å². The van der Waals surface area contributed by atoms with Crippen molar-refractivity contribution in [2.45, 2.75) is 0 Å². The summed E-state index contributed by atoms with van der Waals surface area (Å²) in [6.07, 6.45) is 0. The Morgan fingerprint density at radius 1 is 0.417 bits per heavy atom. The number of benzene rings is 8. The van der Waals surface area contributed by atoms with Gasteiger partial charge in [-0.1, -0.05) is 140 Å². The molecule has 10 rings (SSSR count). The Balaban J connectivity index is 1.33. The molecule has 0 fully saturated rings. The Kier molecular flexibility index (Phi) is 6.08. The predicted octanol–water partition coefficient (Wildman–Crippen LogP) is 12.7. The number of aromatic nitrogens is 2. The maximum atomic E-state index is 5.19. The maximum Gasteiger partial charge on any atom is 0.145 e. The van der Waals surface area contributed by atoms with Crippen LogP contribution in [-0.2, 0) is 0 Å². The summed E-state index contributed by atoms with van der Waals surface area (Å²) in [5.74, 6) is 0.936. The molecule has 0 spiro atoms. The van der Waals surface area contributed by atoms with Gasteiger partial charge in [-0.25, -0.2) is 4.98 Å². The molecule has 0 aliphatic carbocycles. The molecule has 2 aromatic heterocycles. The first-order valence-corrected chi connectivity index (χ1v) is 17.1. The van der Waals surface area contributed by atoms with Gasteiger partial charge in [0.1, 0.15) is 5.82 Å². The molecule has 0 saturated carbocycles. The van der Waals surface area contributed by atoms with Crippen LogP contribution >= 0.6 is 11.3 Å². The number of rotatable bonds is 4. The minimum Gasteiger partial charge on any atom is -0.292 e. The molecule has 0 aliphatic heterocycles. The van der Waals surface area contributed by atoms with Gasteiger partial charge in [-0.3, -0.25) is 4.57 Å². The molecule has 0 unspecified atom stereocenters. The fourth-order valence-corrected chi connectivity index (χ4v) is 8.75. The summed E-state index contributed by atoms with van der Waals surface area (Å²) in [5, 5.41) is 7.63. The largest absolute Gasteiger partial charge is 0.292 e. The summed E-state index contributed by atoms with van der Waals surface area (Å²) >= 11 is 1.87. The van der Waals surface area contributed by atoms with Gasteiger partial charge in [-0.05, 0) is 68.6 Å². The molecule has 224 valence electrons. The van der Waals surface area contributed by atoms with Crippen LogP contribution in [0.15, 0.2) is 170 Å². The van der Waals surface area contributed by atoms with Crippen LogP contribution in [0.2, 0.25) is 0 Å². The third-order valence-electron chi connectivity index (χ3n) is 9.61. The third kappa shape index (κ3) is 4.01. The molecule has 0 aliphatic rings. The zero-order valence-corrected chi connectivity index (χ0v) is 26.8. The van der Waals surface area contributed by atoms with Crippen LogP contribution in [0.4, 0.5) is 0 Å². The van der Waals surface area contributed by atoms with E-state index < -0.39 is 0 Å². The lowest BCUT2D eigenvalue weighted by atomic mass is 9.84. The zero-order chi connectivity index (χ0) is 31.6. The van der Waals surface area contributed by atoms with Crippen LogP contribution in [0.25, 0.3) is 92.1 Å². The first kappa shape index (κ1) is 27.1. The average molecular weight is 629 g/mol. The second-order valence-electron chi connectivity index (χ2n) is 12.3. The number of hydrogen-bond donors (Lipinski definition) is 0. The quantitative estimate of drug-likeness (QED) is 0.177. The van der Waals surface area contributed by atoms with Crippen LogP contribution < -0.4 is 0 Å². The number of para-hydroxylation sites is 3. The van der Waals surface area contributed by atoms with Gasteiger partial charge < -0.3 is 0 Å². The van der Waals surface area contributed by atoms with Crippen molar-refractivity contribution in [2.24, 2.45) is 0 Å². The van der Waals surface area contributed by atoms with Crippen LogP contribution in [0, 0.1) is 0 Å². The molecule has 0 radical (unpaired) electrons. The molecule has 8 aromatic carbocycles. The van der Waals surface area contributed by atoms with Crippen LogP contribution in [0.5, 0.6) is 0 Å². The predicted molar refractivity (Wildman–Crippen MR) is 205 cm³/mol. The fourth-order valence-electron chi connectivity index (χ4n) is 7.62. The van der Waals surface area contributed by atoms with Crippen molar-refractivity contribution in [3.05, 3.63) is 170 Å². The molecule has 0 saturated heterocycles. The molecule has 3 heteroatoms. The van der Waals surface area contributed by atoms with E-state index in [0.29, 0.717) is 0 Å². The maximum absolute atomic E-state index is 5.19. The third-order valence-corrected chi connectivity index (χ3v) is 10.7. The standard InChI is InChI=1S/C45H28N2S/c1-2-15-29(16-3-1)45-46-37-24-10-12-26-39(37)47(45)38-25-11-8-21-34(38)42-30-17-4-6-19-32(30)43(33-20-7-5-18-31(33)42)36-23-14-28-41-44(36)35-22-9-13-27-40(35)48-41/h1-28H. The zero-order valence-electron chi connectivity index (χ0n) is 26.0. The first-order chi connectivity index (χ1) is 23.8. The van der Waals surface area contributed by atoms with Gasteiger partial charge in [-0.15, -0.1) is 11.3 Å². The summed E-state index contributed by atoms with van der Waals surface area (Å²) in [7, 11) is 0. The Morgan fingerprint density at radius 3 is 1.71 bits per heavy atom. The number of hydrogen-bond acceptors (Lipinski definition) is 2. The lowest BCUT2D eigenvalue weighted by Crippen LogP contribution is -2.01. The molecule has 0 N–H and O–H groups in total. The minimum absolute atomic E-state index is 0.936. The van der Waals surface area contributed by atoms with E-state index in [1.54, 1.807) is 0 Å². The molecule has 10 aromatic rings. The van der Waals surface area contributed by atoms with Gasteiger partial charge in [0.15, 0.2) is 0 Å². The minimum atomic E-state index is 0.936. The number of imidazole rings is 1. The highest BCUT2D eigenvalue weighted by Gasteiger charge is 2.23. The summed E-state index contributed by atoms with van der Waals surface area (Å²) in [4.78, 5) is 5.19. The molecule has 0 amide bonds. The van der Waals surface area contributed by atoms with E-state index in [0.717, 1.165) is 28.1 Å². The van der Waals surface area contributed by atoms with Gasteiger partial charge >= 0.3 is 0 Å². The highest BCUT2D eigenvalue weighted by atomic mass is 32.1. The van der Waals surface area contributed by atoms with Gasteiger partial charge in [0.05, 0.1) is 16.7 Å². The van der Waals surface area contributed by atoms with Gasteiger partial charge in [-0.2, -0.15) is 0 Å². The number of fused-ring (bicyclic) bond motifs is 6. The summed E-state index contributed by atoms with van der Waals surface area (Å²) in [6, 6.07) is 61.3. The van der Waals surface area contributed by atoms with E-state index in [1.807, 2.05) is 11.3 Å². The van der Waals surface area contributed by atoms with Crippen molar-refractivity contribution in [1.29, 1.82) is 0 Å². The monoisotopic (exact) mass is 628 g/mol. The Hall–Kier alpha value is -6.03. The molecule has 2 nitrogen and oxygen atoms in total. The van der Waals surface area contributed by atoms with E-state index in [2.05, 4.69) is 174 Å². The van der Waals surface area contributed by atoms with Crippen molar-refractivity contribution in [3.8, 4) is 39.3 Å². The molecular weight excluding hydrogens is 601 g/mol. The van der Waals surface area contributed by atoms with Gasteiger partial charge in [0.25, 0.3) is 0 Å². The lowest BCUT2D eigenvalue weighted by molar-refractivity contribution is 1.10. The summed E-state index contributed by atoms with van der Waals surface area (Å²) < 4.78 is 4.98. The molecular formula is C45H28N2S. The molecule has 48 heavy (non-hydrogen) atoms. The normalized spacial score (nSPS) is 11.8.